The van der Waals surface area contributed by atoms with Gasteiger partial charge < -0.3 is 16.2 Å². The first kappa shape index (κ1) is 13.5. The normalized spacial score (nSPS) is 14.1. The van der Waals surface area contributed by atoms with Crippen molar-refractivity contribution in [3.63, 3.8) is 0 Å². The molecule has 1 rings (SSSR count). The van der Waals surface area contributed by atoms with Crippen LogP contribution in [0.25, 0.3) is 0 Å². The molecule has 94 valence electrons. The Bertz CT molecular complexity index is 404. The van der Waals surface area contributed by atoms with Gasteiger partial charge in [0.15, 0.2) is 0 Å². The van der Waals surface area contributed by atoms with Crippen molar-refractivity contribution >= 4 is 11.6 Å². The zero-order chi connectivity index (χ0) is 13.0. The van der Waals surface area contributed by atoms with E-state index in [0.29, 0.717) is 11.3 Å². The Labute approximate surface area is 102 Å². The number of nitrogen functional groups attached to an aromatic ring is 1. The first-order valence-electron chi connectivity index (χ1n) is 5.74. The van der Waals surface area contributed by atoms with Gasteiger partial charge in [-0.2, -0.15) is 0 Å². The number of para-hydroxylation sites is 1. The van der Waals surface area contributed by atoms with Crippen LogP contribution in [-0.4, -0.2) is 23.7 Å². The van der Waals surface area contributed by atoms with Crippen LogP contribution < -0.4 is 11.1 Å². The van der Waals surface area contributed by atoms with E-state index in [9.17, 15) is 4.79 Å². The standard InChI is InChI=1S/C13H20N2O2/c1-8-5-4-6-11(12(8)14)13(17)15-10(3)9(2)7-16/h4-6,9-10,16H,7,14H2,1-3H3,(H,15,17). The molecule has 0 aliphatic heterocycles. The van der Waals surface area contributed by atoms with E-state index in [1.165, 1.54) is 0 Å². The van der Waals surface area contributed by atoms with Crippen molar-refractivity contribution in [3.05, 3.63) is 29.3 Å². The number of aliphatic hydroxyl groups excluding tert-OH is 1. The monoisotopic (exact) mass is 236 g/mol. The number of carbonyl (C=O) groups excluding carboxylic acids is 1. The molecular formula is C13H20N2O2. The third kappa shape index (κ3) is 3.20. The number of aliphatic hydroxyl groups is 1. The summed E-state index contributed by atoms with van der Waals surface area (Å²) in [7, 11) is 0. The maximum atomic E-state index is 12.0. The van der Waals surface area contributed by atoms with Crippen molar-refractivity contribution in [1.82, 2.24) is 5.32 Å². The average molecular weight is 236 g/mol. The van der Waals surface area contributed by atoms with Gasteiger partial charge in [-0.3, -0.25) is 4.79 Å². The summed E-state index contributed by atoms with van der Waals surface area (Å²) < 4.78 is 0. The average Bonchev–Trinajstić information content (AvgIpc) is 2.31. The number of benzene rings is 1. The van der Waals surface area contributed by atoms with Crippen LogP contribution in [0.1, 0.15) is 29.8 Å². The Balaban J connectivity index is 2.80. The highest BCUT2D eigenvalue weighted by Crippen LogP contribution is 2.16. The highest BCUT2D eigenvalue weighted by atomic mass is 16.3. The molecule has 2 unspecified atom stereocenters. The Hall–Kier alpha value is -1.55. The van der Waals surface area contributed by atoms with E-state index in [2.05, 4.69) is 5.32 Å². The van der Waals surface area contributed by atoms with E-state index in [-0.39, 0.29) is 24.5 Å². The van der Waals surface area contributed by atoms with Gasteiger partial charge in [-0.05, 0) is 31.4 Å². The van der Waals surface area contributed by atoms with Gasteiger partial charge in [-0.25, -0.2) is 0 Å². The molecule has 0 bridgehead atoms. The molecule has 4 heteroatoms. The summed E-state index contributed by atoms with van der Waals surface area (Å²) in [6.07, 6.45) is 0. The summed E-state index contributed by atoms with van der Waals surface area (Å²) >= 11 is 0. The molecule has 0 saturated carbocycles. The number of hydrogen-bond donors (Lipinski definition) is 3. The van der Waals surface area contributed by atoms with Gasteiger partial charge in [0.05, 0.1) is 5.56 Å². The molecule has 4 nitrogen and oxygen atoms in total. The van der Waals surface area contributed by atoms with Crippen molar-refractivity contribution < 1.29 is 9.90 Å². The van der Waals surface area contributed by atoms with Gasteiger partial charge in [-0.1, -0.05) is 19.1 Å². The number of rotatable bonds is 4. The molecule has 1 amide bonds. The fourth-order valence-electron chi connectivity index (χ4n) is 1.46. The first-order chi connectivity index (χ1) is 7.97. The second kappa shape index (κ2) is 5.68. The molecule has 0 fully saturated rings. The van der Waals surface area contributed by atoms with E-state index >= 15 is 0 Å². The van der Waals surface area contributed by atoms with Crippen molar-refractivity contribution in [2.45, 2.75) is 26.8 Å². The third-order valence-electron chi connectivity index (χ3n) is 3.07. The predicted molar refractivity (Wildman–Crippen MR) is 68.8 cm³/mol. The van der Waals surface area contributed by atoms with E-state index in [4.69, 9.17) is 10.8 Å². The molecule has 1 aromatic carbocycles. The Morgan fingerprint density at radius 2 is 2.12 bits per heavy atom. The molecule has 0 aromatic heterocycles. The molecule has 0 heterocycles. The number of anilines is 1. The van der Waals surface area contributed by atoms with Crippen LogP contribution in [0.15, 0.2) is 18.2 Å². The maximum absolute atomic E-state index is 12.0. The zero-order valence-corrected chi connectivity index (χ0v) is 10.5. The van der Waals surface area contributed by atoms with E-state index < -0.39 is 0 Å². The number of hydrogen-bond acceptors (Lipinski definition) is 3. The van der Waals surface area contributed by atoms with E-state index in [1.807, 2.05) is 26.8 Å². The highest BCUT2D eigenvalue weighted by Gasteiger charge is 2.16. The van der Waals surface area contributed by atoms with Crippen LogP contribution in [0, 0.1) is 12.8 Å². The SMILES string of the molecule is Cc1cccc(C(=O)NC(C)C(C)CO)c1N. The minimum Gasteiger partial charge on any atom is -0.398 e. The molecule has 17 heavy (non-hydrogen) atoms. The third-order valence-corrected chi connectivity index (χ3v) is 3.07. The van der Waals surface area contributed by atoms with Crippen LogP contribution in [0.4, 0.5) is 5.69 Å². The van der Waals surface area contributed by atoms with Crippen LogP contribution in [0.5, 0.6) is 0 Å². The Morgan fingerprint density at radius 3 is 2.71 bits per heavy atom. The minimum atomic E-state index is -0.195. The summed E-state index contributed by atoms with van der Waals surface area (Å²) in [5.74, 6) is -0.177. The molecule has 0 aliphatic rings. The summed E-state index contributed by atoms with van der Waals surface area (Å²) in [6, 6.07) is 5.29. The van der Waals surface area contributed by atoms with Gasteiger partial charge in [0.2, 0.25) is 0 Å². The van der Waals surface area contributed by atoms with Gasteiger partial charge in [-0.15, -0.1) is 0 Å². The van der Waals surface area contributed by atoms with Gasteiger partial charge in [0, 0.05) is 18.3 Å². The number of carbonyl (C=O) groups is 1. The smallest absolute Gasteiger partial charge is 0.253 e. The van der Waals surface area contributed by atoms with Crippen molar-refractivity contribution in [1.29, 1.82) is 0 Å². The van der Waals surface area contributed by atoms with Crippen LogP contribution in [-0.2, 0) is 0 Å². The van der Waals surface area contributed by atoms with Crippen molar-refractivity contribution in [3.8, 4) is 0 Å². The van der Waals surface area contributed by atoms with E-state index in [0.717, 1.165) is 5.56 Å². The number of amides is 1. The maximum Gasteiger partial charge on any atom is 0.253 e. The first-order valence-corrected chi connectivity index (χ1v) is 5.74. The van der Waals surface area contributed by atoms with E-state index in [1.54, 1.807) is 12.1 Å². The fourth-order valence-corrected chi connectivity index (χ4v) is 1.46. The van der Waals surface area contributed by atoms with Crippen LogP contribution in [0.2, 0.25) is 0 Å². The minimum absolute atomic E-state index is 0.0185. The Morgan fingerprint density at radius 1 is 1.47 bits per heavy atom. The van der Waals surface area contributed by atoms with Crippen molar-refractivity contribution in [2.24, 2.45) is 5.92 Å². The number of nitrogens with one attached hydrogen (secondary N) is 1. The topological polar surface area (TPSA) is 75.3 Å². The molecule has 1 aromatic rings. The highest BCUT2D eigenvalue weighted by molar-refractivity contribution is 5.99. The van der Waals surface area contributed by atoms with Gasteiger partial charge in [0.1, 0.15) is 0 Å². The summed E-state index contributed by atoms with van der Waals surface area (Å²) in [6.45, 7) is 5.66. The summed E-state index contributed by atoms with van der Waals surface area (Å²) in [4.78, 5) is 12.0. The van der Waals surface area contributed by atoms with Crippen LogP contribution >= 0.6 is 0 Å². The fraction of sp³-hybridized carbons (Fsp3) is 0.462. The second-order valence-electron chi connectivity index (χ2n) is 4.46. The molecule has 0 spiro atoms. The second-order valence-corrected chi connectivity index (χ2v) is 4.46. The molecular weight excluding hydrogens is 216 g/mol. The lowest BCUT2D eigenvalue weighted by Crippen LogP contribution is -2.38. The Kier molecular flexibility index (Phi) is 4.52. The number of nitrogens with two attached hydrogens (primary N) is 1. The molecule has 0 aliphatic carbocycles. The van der Waals surface area contributed by atoms with Crippen LogP contribution in [0.3, 0.4) is 0 Å². The lowest BCUT2D eigenvalue weighted by molar-refractivity contribution is 0.0917. The predicted octanol–water partition coefficient (Wildman–Crippen LogP) is 1.32. The quantitative estimate of drug-likeness (QED) is 0.690. The summed E-state index contributed by atoms with van der Waals surface area (Å²) in [5, 5.41) is 11.8. The summed E-state index contributed by atoms with van der Waals surface area (Å²) in [5.41, 5.74) is 7.74. The zero-order valence-electron chi connectivity index (χ0n) is 10.5. The van der Waals surface area contributed by atoms with Crippen molar-refractivity contribution in [2.75, 3.05) is 12.3 Å². The van der Waals surface area contributed by atoms with Gasteiger partial charge >= 0.3 is 0 Å². The molecule has 4 N–H and O–H groups in total. The molecule has 0 saturated heterocycles. The largest absolute Gasteiger partial charge is 0.398 e. The van der Waals surface area contributed by atoms with Gasteiger partial charge in [0.25, 0.3) is 5.91 Å². The molecule has 0 radical (unpaired) electrons. The molecule has 2 atom stereocenters. The number of aryl methyl sites for hydroxylation is 1. The lowest BCUT2D eigenvalue weighted by Gasteiger charge is -2.20. The lowest BCUT2D eigenvalue weighted by atomic mass is 10.0.